The summed E-state index contributed by atoms with van der Waals surface area (Å²) in [6.07, 6.45) is 16.7. The number of fused-ring (bicyclic) bond motifs is 4. The van der Waals surface area contributed by atoms with E-state index in [4.69, 9.17) is 4.74 Å². The molecule has 0 saturated carbocycles. The van der Waals surface area contributed by atoms with Crippen molar-refractivity contribution < 1.29 is 14.3 Å². The maximum Gasteiger partial charge on any atom is 0.131 e. The minimum Gasteiger partial charge on any atom is -0.497 e. The number of piperidine rings is 3. The van der Waals surface area contributed by atoms with Crippen molar-refractivity contribution >= 4 is 10.9 Å². The first-order chi connectivity index (χ1) is 16.6. The summed E-state index contributed by atoms with van der Waals surface area (Å²) in [5.74, 6) is 2.05. The van der Waals surface area contributed by atoms with E-state index in [1.165, 1.54) is 70.9 Å². The van der Waals surface area contributed by atoms with E-state index in [9.17, 15) is 5.11 Å². The normalized spacial score (nSPS) is 27.1. The Morgan fingerprint density at radius 1 is 1.15 bits per heavy atom. The average Bonchev–Trinajstić information content (AvgIpc) is 2.89. The molecular weight excluding hydrogens is 420 g/mol. The van der Waals surface area contributed by atoms with Crippen molar-refractivity contribution in [1.82, 2.24) is 4.98 Å². The number of nitrogens with zero attached hydrogens (tertiary/aromatic N) is 2. The van der Waals surface area contributed by atoms with Gasteiger partial charge in [-0.3, -0.25) is 4.98 Å². The molecule has 2 aromatic rings. The number of methoxy groups -OCH3 is 1. The van der Waals surface area contributed by atoms with E-state index in [1.807, 2.05) is 30.5 Å². The van der Waals surface area contributed by atoms with Gasteiger partial charge in [0.2, 0.25) is 0 Å². The molecule has 4 heteroatoms. The van der Waals surface area contributed by atoms with Gasteiger partial charge >= 0.3 is 0 Å². The molecule has 0 spiro atoms. The zero-order valence-corrected chi connectivity index (χ0v) is 21.4. The van der Waals surface area contributed by atoms with Gasteiger partial charge in [-0.1, -0.05) is 51.5 Å². The largest absolute Gasteiger partial charge is 0.497 e. The molecule has 0 radical (unpaired) electrons. The van der Waals surface area contributed by atoms with Crippen LogP contribution in [0.2, 0.25) is 0 Å². The van der Waals surface area contributed by atoms with E-state index in [1.54, 1.807) is 7.11 Å². The Labute approximate surface area is 206 Å². The van der Waals surface area contributed by atoms with Gasteiger partial charge in [0.1, 0.15) is 17.9 Å². The summed E-state index contributed by atoms with van der Waals surface area (Å²) < 4.78 is 6.54. The van der Waals surface area contributed by atoms with Crippen LogP contribution in [0.4, 0.5) is 0 Å². The van der Waals surface area contributed by atoms with E-state index in [2.05, 4.69) is 24.6 Å². The van der Waals surface area contributed by atoms with Gasteiger partial charge in [-0.25, -0.2) is 0 Å². The average molecular weight is 466 g/mol. The number of aliphatic hydroxyl groups is 1. The predicted molar refractivity (Wildman–Crippen MR) is 141 cm³/mol. The maximum absolute atomic E-state index is 11.9. The Hall–Kier alpha value is -1.91. The van der Waals surface area contributed by atoms with Gasteiger partial charge in [0.25, 0.3) is 0 Å². The first kappa shape index (κ1) is 25.2. The van der Waals surface area contributed by atoms with E-state index < -0.39 is 6.10 Å². The summed E-state index contributed by atoms with van der Waals surface area (Å²) >= 11 is 0. The van der Waals surface area contributed by atoms with Gasteiger partial charge in [-0.15, -0.1) is 6.58 Å². The first-order valence-corrected chi connectivity index (χ1v) is 13.7. The summed E-state index contributed by atoms with van der Waals surface area (Å²) in [6.45, 7) is 9.97. The summed E-state index contributed by atoms with van der Waals surface area (Å²) in [5, 5.41) is 12.9. The monoisotopic (exact) mass is 465 g/mol. The number of aliphatic hydroxyl groups excluding tert-OH is 1. The SMILES string of the molecule is C=CC1C[N+]2(CCCCCCCCCC)CCC1CC2C(O)c1ccnc2ccc(OC)cc12. The van der Waals surface area contributed by atoms with Gasteiger partial charge in [0.15, 0.2) is 0 Å². The molecule has 4 heterocycles. The zero-order valence-electron chi connectivity index (χ0n) is 21.4. The molecule has 186 valence electrons. The smallest absolute Gasteiger partial charge is 0.131 e. The van der Waals surface area contributed by atoms with Crippen LogP contribution in [-0.2, 0) is 0 Å². The Kier molecular flexibility index (Phi) is 8.65. The van der Waals surface area contributed by atoms with Crippen molar-refractivity contribution in [2.24, 2.45) is 11.8 Å². The second kappa shape index (κ2) is 11.7. The molecular formula is C30H45N2O2+. The number of hydrogen-bond acceptors (Lipinski definition) is 3. The topological polar surface area (TPSA) is 42.4 Å². The number of ether oxygens (including phenoxy) is 1. The number of hydrogen-bond donors (Lipinski definition) is 1. The molecule has 3 fully saturated rings. The van der Waals surface area contributed by atoms with Crippen LogP contribution in [0, 0.1) is 11.8 Å². The third kappa shape index (κ3) is 5.33. The number of benzene rings is 1. The Bertz CT molecular complexity index is 945. The quantitative estimate of drug-likeness (QED) is 0.200. The fraction of sp³-hybridized carbons (Fsp3) is 0.633. The Morgan fingerprint density at radius 3 is 2.65 bits per heavy atom. The Balaban J connectivity index is 1.50. The lowest BCUT2D eigenvalue weighted by atomic mass is 9.71. The third-order valence-corrected chi connectivity index (χ3v) is 8.80. The zero-order chi connectivity index (χ0) is 24.0. The highest BCUT2D eigenvalue weighted by molar-refractivity contribution is 5.83. The van der Waals surface area contributed by atoms with Crippen LogP contribution in [0.3, 0.4) is 0 Å². The molecule has 0 aliphatic carbocycles. The van der Waals surface area contributed by atoms with Crippen molar-refractivity contribution in [3.05, 3.63) is 48.7 Å². The van der Waals surface area contributed by atoms with Crippen LogP contribution in [0.25, 0.3) is 10.9 Å². The minimum atomic E-state index is -0.486. The van der Waals surface area contributed by atoms with Gasteiger partial charge in [0, 0.05) is 30.3 Å². The highest BCUT2D eigenvalue weighted by atomic mass is 16.5. The highest BCUT2D eigenvalue weighted by Gasteiger charge is 2.53. The highest BCUT2D eigenvalue weighted by Crippen LogP contribution is 2.47. The van der Waals surface area contributed by atoms with E-state index in [0.717, 1.165) is 39.7 Å². The van der Waals surface area contributed by atoms with Crippen LogP contribution in [0.1, 0.15) is 82.8 Å². The molecule has 3 aliphatic rings. The summed E-state index contributed by atoms with van der Waals surface area (Å²) in [5.41, 5.74) is 1.93. The number of quaternary nitrogens is 1. The molecule has 1 N–H and O–H groups in total. The molecule has 1 aromatic carbocycles. The fourth-order valence-corrected chi connectivity index (χ4v) is 6.79. The van der Waals surface area contributed by atoms with Crippen molar-refractivity contribution in [2.75, 3.05) is 26.7 Å². The summed E-state index contributed by atoms with van der Waals surface area (Å²) in [7, 11) is 1.69. The number of rotatable bonds is 13. The molecule has 34 heavy (non-hydrogen) atoms. The molecule has 4 nitrogen and oxygen atoms in total. The van der Waals surface area contributed by atoms with Crippen LogP contribution in [-0.4, -0.2) is 47.4 Å². The molecule has 3 saturated heterocycles. The number of pyridine rings is 1. The van der Waals surface area contributed by atoms with Crippen LogP contribution < -0.4 is 4.74 Å². The van der Waals surface area contributed by atoms with E-state index in [-0.39, 0.29) is 6.04 Å². The second-order valence-corrected chi connectivity index (χ2v) is 10.8. The second-order valence-electron chi connectivity index (χ2n) is 10.8. The van der Waals surface area contributed by atoms with Crippen LogP contribution >= 0.6 is 0 Å². The van der Waals surface area contributed by atoms with Crippen molar-refractivity contribution in [1.29, 1.82) is 0 Å². The molecule has 5 atom stereocenters. The lowest BCUT2D eigenvalue weighted by molar-refractivity contribution is -0.973. The van der Waals surface area contributed by atoms with Crippen LogP contribution in [0.5, 0.6) is 5.75 Å². The maximum atomic E-state index is 11.9. The Morgan fingerprint density at radius 2 is 1.91 bits per heavy atom. The third-order valence-electron chi connectivity index (χ3n) is 8.80. The predicted octanol–water partition coefficient (Wildman–Crippen LogP) is 6.83. The van der Waals surface area contributed by atoms with Crippen molar-refractivity contribution in [2.45, 2.75) is 83.3 Å². The first-order valence-electron chi connectivity index (χ1n) is 13.7. The molecule has 1 aromatic heterocycles. The van der Waals surface area contributed by atoms with E-state index >= 15 is 0 Å². The lowest BCUT2D eigenvalue weighted by Gasteiger charge is -2.58. The number of aromatic nitrogens is 1. The number of unbranched alkanes of at least 4 members (excludes halogenated alkanes) is 7. The van der Waals surface area contributed by atoms with Crippen molar-refractivity contribution in [3.63, 3.8) is 0 Å². The van der Waals surface area contributed by atoms with Gasteiger partial charge in [-0.05, 0) is 48.6 Å². The van der Waals surface area contributed by atoms with Gasteiger partial charge < -0.3 is 14.3 Å². The van der Waals surface area contributed by atoms with Gasteiger partial charge in [-0.2, -0.15) is 0 Å². The molecule has 3 aliphatic heterocycles. The molecule has 2 bridgehead atoms. The lowest BCUT2D eigenvalue weighted by Crippen LogP contribution is -2.68. The molecule has 5 rings (SSSR count). The summed E-state index contributed by atoms with van der Waals surface area (Å²) in [6, 6.07) is 8.25. The van der Waals surface area contributed by atoms with Crippen molar-refractivity contribution in [3.8, 4) is 5.75 Å². The standard InChI is InChI=1S/C30H45N2O2/c1-4-6-7-8-9-10-11-12-18-32-19-16-24(23(5-2)22-32)20-29(32)30(33)26-15-17-31-28-14-13-25(34-3)21-27(26)28/h5,13-15,17,21,23-24,29-30,33H,2,4,6-12,16,18-20,22H2,1,3H3/q+1. The van der Waals surface area contributed by atoms with Gasteiger partial charge in [0.05, 0.1) is 32.3 Å². The fourth-order valence-electron chi connectivity index (χ4n) is 6.79. The molecule has 5 unspecified atom stereocenters. The summed E-state index contributed by atoms with van der Waals surface area (Å²) in [4.78, 5) is 4.55. The molecule has 0 amide bonds. The minimum absolute atomic E-state index is 0.247. The van der Waals surface area contributed by atoms with Crippen LogP contribution in [0.15, 0.2) is 43.1 Å². The van der Waals surface area contributed by atoms with E-state index in [0.29, 0.717) is 11.8 Å².